The summed E-state index contributed by atoms with van der Waals surface area (Å²) < 4.78 is 34.6. The Kier molecular flexibility index (Phi) is 11.6. The van der Waals surface area contributed by atoms with Crippen molar-refractivity contribution in [2.45, 2.75) is 82.6 Å². The van der Waals surface area contributed by atoms with E-state index in [1.165, 1.54) is 29.2 Å². The topological polar surface area (TPSA) is 191 Å². The molecule has 0 aliphatic carbocycles. The number of amides is 4. The Labute approximate surface area is 326 Å². The molecule has 0 aromatic heterocycles. The fraction of sp³-hybridized carbons (Fsp3) is 0.659. The van der Waals surface area contributed by atoms with Crippen LogP contribution in [-0.2, 0) is 47.6 Å². The van der Waals surface area contributed by atoms with E-state index >= 15 is 0 Å². The summed E-state index contributed by atoms with van der Waals surface area (Å²) in [4.78, 5) is 56.4. The highest BCUT2D eigenvalue weighted by molar-refractivity contribution is 6.23. The second kappa shape index (κ2) is 16.0. The molecule has 3 N–H and O–H groups in total. The summed E-state index contributed by atoms with van der Waals surface area (Å²) in [5, 5.41) is 30.5. The van der Waals surface area contributed by atoms with E-state index in [2.05, 4.69) is 27.7 Å². The fourth-order valence-corrected chi connectivity index (χ4v) is 9.67. The third-order valence-corrected chi connectivity index (χ3v) is 11.8. The zero-order valence-electron chi connectivity index (χ0n) is 32.4. The monoisotopic (exact) mass is 782 g/mol. The van der Waals surface area contributed by atoms with Gasteiger partial charge < -0.3 is 43.7 Å². The average molecular weight is 783 g/mol. The predicted octanol–water partition coefficient (Wildman–Crippen LogP) is 2.11. The summed E-state index contributed by atoms with van der Waals surface area (Å²) in [6.07, 6.45) is 7.14. The molecule has 11 unspecified atom stereocenters. The molecule has 6 heterocycles. The molecule has 15 nitrogen and oxygen atoms in total. The molecule has 4 saturated heterocycles. The van der Waals surface area contributed by atoms with Gasteiger partial charge in [-0.15, -0.1) is 0 Å². The average Bonchev–Trinajstić information content (AvgIpc) is 3.98. The van der Waals surface area contributed by atoms with Crippen molar-refractivity contribution < 1.29 is 62.9 Å². The van der Waals surface area contributed by atoms with Gasteiger partial charge >= 0.3 is 0 Å². The van der Waals surface area contributed by atoms with E-state index in [1.54, 1.807) is 12.2 Å². The van der Waals surface area contributed by atoms with E-state index in [0.29, 0.717) is 18.2 Å². The zero-order chi connectivity index (χ0) is 40.0. The molecule has 4 amide bonds. The van der Waals surface area contributed by atoms with Gasteiger partial charge in [-0.25, -0.2) is 4.90 Å². The van der Waals surface area contributed by atoms with Gasteiger partial charge in [0.25, 0.3) is 0 Å². The molecule has 4 bridgehead atoms. The highest BCUT2D eigenvalue weighted by Crippen LogP contribution is 2.54. The number of imide groups is 2. The first kappa shape index (κ1) is 40.6. The Morgan fingerprint density at radius 3 is 1.84 bits per heavy atom. The maximum Gasteiger partial charge on any atom is 0.241 e. The van der Waals surface area contributed by atoms with Crippen molar-refractivity contribution in [3.8, 4) is 5.75 Å². The lowest BCUT2D eigenvalue weighted by molar-refractivity contribution is -0.149. The van der Waals surface area contributed by atoms with Crippen molar-refractivity contribution in [2.24, 2.45) is 35.0 Å². The minimum atomic E-state index is -1.15. The number of hydrogen-bond donors (Lipinski definition) is 3. The van der Waals surface area contributed by atoms with E-state index in [9.17, 15) is 34.5 Å². The van der Waals surface area contributed by atoms with Gasteiger partial charge in [-0.1, -0.05) is 64.8 Å². The van der Waals surface area contributed by atoms with Gasteiger partial charge in [-0.3, -0.25) is 24.1 Å². The van der Waals surface area contributed by atoms with Crippen LogP contribution in [0.3, 0.4) is 0 Å². The van der Waals surface area contributed by atoms with Gasteiger partial charge in [0.1, 0.15) is 36.0 Å². The van der Waals surface area contributed by atoms with Gasteiger partial charge in [0, 0.05) is 6.54 Å². The van der Waals surface area contributed by atoms with Gasteiger partial charge in [-0.2, -0.15) is 0 Å². The SMILES string of the molecule is CCCC(C)CC(C)(C)CN1C(=O)C2C3C=CC(COCC(O)COCOCC(O)COCC45C=CC(O4)C4C(=O)N(c6ccc(O)cc6)C(=O)C45)(O3)C2C1=O. The van der Waals surface area contributed by atoms with Crippen molar-refractivity contribution in [3.63, 3.8) is 0 Å². The first-order valence-corrected chi connectivity index (χ1v) is 19.6. The second-order valence-electron chi connectivity index (χ2n) is 17.1. The molecule has 56 heavy (non-hydrogen) atoms. The van der Waals surface area contributed by atoms with Crippen molar-refractivity contribution in [1.82, 2.24) is 4.90 Å². The lowest BCUT2D eigenvalue weighted by atomic mass is 9.77. The Bertz CT molecular complexity index is 1710. The fourth-order valence-electron chi connectivity index (χ4n) is 9.67. The highest BCUT2D eigenvalue weighted by atomic mass is 16.7. The molecule has 15 heteroatoms. The van der Waals surface area contributed by atoms with Gasteiger partial charge in [0.2, 0.25) is 23.6 Å². The number of benzene rings is 1. The number of likely N-dealkylation sites (tertiary alicyclic amines) is 1. The third kappa shape index (κ3) is 7.60. The third-order valence-electron chi connectivity index (χ3n) is 11.8. The molecule has 11 atom stereocenters. The van der Waals surface area contributed by atoms with Crippen LogP contribution in [0.5, 0.6) is 5.75 Å². The molecule has 306 valence electrons. The number of ether oxygens (including phenoxy) is 6. The number of anilines is 1. The molecule has 6 aliphatic rings. The van der Waals surface area contributed by atoms with Crippen molar-refractivity contribution >= 4 is 29.3 Å². The van der Waals surface area contributed by atoms with Gasteiger partial charge in [0.05, 0.1) is 81.2 Å². The Morgan fingerprint density at radius 2 is 1.29 bits per heavy atom. The maximum absolute atomic E-state index is 13.7. The summed E-state index contributed by atoms with van der Waals surface area (Å²) in [6.45, 7) is 8.15. The number of phenolic OH excluding ortho intramolecular Hbond substituents is 1. The van der Waals surface area contributed by atoms with Crippen LogP contribution in [0.25, 0.3) is 0 Å². The summed E-state index contributed by atoms with van der Waals surface area (Å²) in [6, 6.07) is 5.84. The normalized spacial score (nSPS) is 33.0. The van der Waals surface area contributed by atoms with Crippen LogP contribution in [0.2, 0.25) is 0 Å². The summed E-state index contributed by atoms with van der Waals surface area (Å²) in [5.41, 5.74) is -2.07. The first-order chi connectivity index (χ1) is 26.7. The van der Waals surface area contributed by atoms with Crippen molar-refractivity contribution in [3.05, 3.63) is 48.6 Å². The van der Waals surface area contributed by atoms with Crippen LogP contribution >= 0.6 is 0 Å². The number of carbonyl (C=O) groups excluding carboxylic acids is 4. The molecular formula is C41H54N2O13. The molecule has 1 aromatic carbocycles. The number of fused-ring (bicyclic) bond motifs is 10. The molecule has 0 saturated carbocycles. The minimum absolute atomic E-state index is 0.00395. The number of nitrogens with zero attached hydrogens (tertiary/aromatic N) is 2. The summed E-state index contributed by atoms with van der Waals surface area (Å²) in [5.74, 6) is -3.41. The minimum Gasteiger partial charge on any atom is -0.508 e. The second-order valence-corrected chi connectivity index (χ2v) is 17.1. The van der Waals surface area contributed by atoms with Crippen LogP contribution in [0.4, 0.5) is 5.69 Å². The predicted molar refractivity (Wildman–Crippen MR) is 198 cm³/mol. The van der Waals surface area contributed by atoms with Crippen LogP contribution < -0.4 is 4.90 Å². The van der Waals surface area contributed by atoms with E-state index < -0.39 is 65.2 Å². The number of aliphatic hydroxyl groups is 2. The van der Waals surface area contributed by atoms with Gasteiger partial charge in [0.15, 0.2) is 0 Å². The lowest BCUT2D eigenvalue weighted by Gasteiger charge is -2.33. The largest absolute Gasteiger partial charge is 0.508 e. The molecule has 7 rings (SSSR count). The van der Waals surface area contributed by atoms with Crippen molar-refractivity contribution in [1.29, 1.82) is 0 Å². The number of aromatic hydroxyl groups is 1. The van der Waals surface area contributed by atoms with Crippen molar-refractivity contribution in [2.75, 3.05) is 57.9 Å². The van der Waals surface area contributed by atoms with Crippen LogP contribution in [0.15, 0.2) is 48.6 Å². The Balaban J connectivity index is 0.794. The van der Waals surface area contributed by atoms with E-state index in [0.717, 1.165) is 24.2 Å². The molecule has 1 aromatic rings. The van der Waals surface area contributed by atoms with E-state index in [-0.39, 0.29) is 75.3 Å². The first-order valence-electron chi connectivity index (χ1n) is 19.6. The van der Waals surface area contributed by atoms with E-state index in [4.69, 9.17) is 28.4 Å². The van der Waals surface area contributed by atoms with Crippen LogP contribution in [0.1, 0.15) is 47.0 Å². The Morgan fingerprint density at radius 1 is 0.768 bits per heavy atom. The van der Waals surface area contributed by atoms with E-state index in [1.807, 2.05) is 12.2 Å². The zero-order valence-corrected chi connectivity index (χ0v) is 32.4. The molecule has 6 aliphatic heterocycles. The number of hydrogen-bond acceptors (Lipinski definition) is 13. The summed E-state index contributed by atoms with van der Waals surface area (Å²) >= 11 is 0. The smallest absolute Gasteiger partial charge is 0.241 e. The Hall–Kier alpha value is -3.54. The number of rotatable bonds is 21. The number of aliphatic hydroxyl groups excluding tert-OH is 2. The molecule has 4 fully saturated rings. The molecule has 0 radical (unpaired) electrons. The maximum atomic E-state index is 13.7. The standard InChI is InChI=1S/C41H54N2O13/c1-5-6-24(2)15-39(3,4)20-42-35(47)31-29-11-13-40(55-29,33(31)37(42)49)21-51-16-27(45)18-53-23-54-19-28(46)17-52-22-41-14-12-30(56-41)32-34(41)38(50)43(36(32)48)25-7-9-26(44)10-8-25/h7-14,24,27-34,44-46H,5-6,15-23H2,1-4H3. The number of carbonyl (C=O) groups is 4. The van der Waals surface area contributed by atoms with Gasteiger partial charge in [-0.05, 0) is 42.0 Å². The highest BCUT2D eigenvalue weighted by Gasteiger charge is 2.69. The molecule has 0 spiro atoms. The van der Waals surface area contributed by atoms with Crippen LogP contribution in [-0.4, -0.2) is 132 Å². The summed E-state index contributed by atoms with van der Waals surface area (Å²) in [7, 11) is 0. The van der Waals surface area contributed by atoms with Crippen LogP contribution in [0, 0.1) is 35.0 Å². The quantitative estimate of drug-likeness (QED) is 0.0713. The molecular weight excluding hydrogens is 728 g/mol. The lowest BCUT2D eigenvalue weighted by Crippen LogP contribution is -2.46. The number of phenols is 1.